The van der Waals surface area contributed by atoms with Crippen LogP contribution in [0.3, 0.4) is 0 Å². The maximum atomic E-state index is 4.23. The van der Waals surface area contributed by atoms with Crippen molar-refractivity contribution in [2.75, 3.05) is 6.54 Å². The molecule has 0 saturated carbocycles. The van der Waals surface area contributed by atoms with Gasteiger partial charge in [-0.25, -0.2) is 0 Å². The van der Waals surface area contributed by atoms with Crippen LogP contribution < -0.4 is 0 Å². The fourth-order valence-electron chi connectivity index (χ4n) is 1.50. The van der Waals surface area contributed by atoms with Crippen molar-refractivity contribution >= 4 is 6.21 Å². The van der Waals surface area contributed by atoms with Crippen LogP contribution in [-0.2, 0) is 0 Å². The third kappa shape index (κ3) is 0.919. The Labute approximate surface area is 61.2 Å². The Kier molecular flexibility index (Phi) is 1.42. The lowest BCUT2D eigenvalue weighted by atomic mass is 9.94. The molecule has 0 N–H and O–H groups in total. The van der Waals surface area contributed by atoms with Gasteiger partial charge in [0.15, 0.2) is 0 Å². The van der Waals surface area contributed by atoms with Gasteiger partial charge in [0.2, 0.25) is 0 Å². The smallest absolute Gasteiger partial charge is 0.0427 e. The molecule has 0 radical (unpaired) electrons. The summed E-state index contributed by atoms with van der Waals surface area (Å²) in [7, 11) is 0. The molecule has 0 fully saturated rings. The molecule has 10 heavy (non-hydrogen) atoms. The Morgan fingerprint density at radius 3 is 3.20 bits per heavy atom. The normalized spacial score (nSPS) is 23.2. The van der Waals surface area contributed by atoms with Gasteiger partial charge < -0.3 is 0 Å². The van der Waals surface area contributed by atoms with E-state index in [2.05, 4.69) is 17.1 Å². The molecule has 52 valence electrons. The second kappa shape index (κ2) is 2.41. The molecule has 1 heterocycles. The lowest BCUT2D eigenvalue weighted by Crippen LogP contribution is -2.03. The largest absolute Gasteiger partial charge is 0.292 e. The Morgan fingerprint density at radius 2 is 2.30 bits per heavy atom. The minimum Gasteiger partial charge on any atom is -0.292 e. The van der Waals surface area contributed by atoms with E-state index >= 15 is 0 Å². The van der Waals surface area contributed by atoms with Gasteiger partial charge in [-0.2, -0.15) is 0 Å². The van der Waals surface area contributed by atoms with Crippen molar-refractivity contribution in [2.45, 2.75) is 19.3 Å². The summed E-state index contributed by atoms with van der Waals surface area (Å²) in [5.41, 5.74) is 2.98. The molecule has 0 aromatic heterocycles. The summed E-state index contributed by atoms with van der Waals surface area (Å²) >= 11 is 0. The molecule has 2 aliphatic rings. The summed E-state index contributed by atoms with van der Waals surface area (Å²) in [4.78, 5) is 4.23. The number of rotatable bonds is 0. The van der Waals surface area contributed by atoms with E-state index in [1.54, 1.807) is 5.57 Å². The number of hydrogen-bond donors (Lipinski definition) is 0. The average Bonchev–Trinajstić information content (AvgIpc) is 2.05. The van der Waals surface area contributed by atoms with Crippen LogP contribution in [0.4, 0.5) is 0 Å². The molecule has 0 aromatic rings. The molecule has 0 aromatic carbocycles. The topological polar surface area (TPSA) is 12.4 Å². The first-order chi connectivity index (χ1) is 4.97. The molecule has 0 spiro atoms. The summed E-state index contributed by atoms with van der Waals surface area (Å²) in [5.74, 6) is 0. The number of aliphatic imine (C=N–C) groups is 1. The maximum absolute atomic E-state index is 4.23. The van der Waals surface area contributed by atoms with Gasteiger partial charge >= 0.3 is 0 Å². The van der Waals surface area contributed by atoms with Crippen LogP contribution >= 0.6 is 0 Å². The van der Waals surface area contributed by atoms with E-state index in [1.165, 1.54) is 24.8 Å². The summed E-state index contributed by atoms with van der Waals surface area (Å²) in [6.45, 7) is 1.01. The second-order valence-electron chi connectivity index (χ2n) is 2.79. The van der Waals surface area contributed by atoms with Crippen molar-refractivity contribution < 1.29 is 0 Å². The lowest BCUT2D eigenvalue weighted by molar-refractivity contribution is 0.830. The van der Waals surface area contributed by atoms with E-state index in [1.807, 2.05) is 6.21 Å². The minimum absolute atomic E-state index is 1.01. The fourth-order valence-corrected chi connectivity index (χ4v) is 1.50. The first-order valence-electron chi connectivity index (χ1n) is 3.85. The third-order valence-corrected chi connectivity index (χ3v) is 2.09. The van der Waals surface area contributed by atoms with Gasteiger partial charge in [-0.3, -0.25) is 4.99 Å². The van der Waals surface area contributed by atoms with Gasteiger partial charge in [0.25, 0.3) is 0 Å². The van der Waals surface area contributed by atoms with Crippen molar-refractivity contribution in [1.29, 1.82) is 0 Å². The molecule has 1 heteroatoms. The van der Waals surface area contributed by atoms with Crippen LogP contribution in [0.2, 0.25) is 0 Å². The van der Waals surface area contributed by atoms with Crippen molar-refractivity contribution in [1.82, 2.24) is 0 Å². The van der Waals surface area contributed by atoms with E-state index in [4.69, 9.17) is 0 Å². The van der Waals surface area contributed by atoms with Crippen molar-refractivity contribution in [3.05, 3.63) is 23.3 Å². The van der Waals surface area contributed by atoms with Crippen LogP contribution in [0.15, 0.2) is 28.3 Å². The van der Waals surface area contributed by atoms with Gasteiger partial charge in [-0.05, 0) is 24.8 Å². The maximum Gasteiger partial charge on any atom is 0.0427 e. The van der Waals surface area contributed by atoms with Gasteiger partial charge in [0.1, 0.15) is 0 Å². The van der Waals surface area contributed by atoms with Gasteiger partial charge in [-0.15, -0.1) is 0 Å². The van der Waals surface area contributed by atoms with Gasteiger partial charge in [0.05, 0.1) is 0 Å². The highest BCUT2D eigenvalue weighted by Gasteiger charge is 2.08. The number of dihydropyridines is 1. The predicted octanol–water partition coefficient (Wildman–Crippen LogP) is 2.11. The fraction of sp³-hybridized carbons (Fsp3) is 0.444. The zero-order chi connectivity index (χ0) is 6.81. The number of allylic oxidation sites excluding steroid dienone is 3. The molecular formula is C9H11N. The van der Waals surface area contributed by atoms with E-state index in [9.17, 15) is 0 Å². The molecule has 0 atom stereocenters. The molecule has 1 nitrogen and oxygen atoms in total. The zero-order valence-electron chi connectivity index (χ0n) is 6.01. The Hall–Kier alpha value is -0.850. The summed E-state index contributed by atoms with van der Waals surface area (Å²) in [6, 6.07) is 0. The second-order valence-corrected chi connectivity index (χ2v) is 2.79. The van der Waals surface area contributed by atoms with E-state index < -0.39 is 0 Å². The Morgan fingerprint density at radius 1 is 1.30 bits per heavy atom. The number of hydrogen-bond acceptors (Lipinski definition) is 1. The quantitative estimate of drug-likeness (QED) is 0.480. The van der Waals surface area contributed by atoms with Crippen LogP contribution in [0.25, 0.3) is 0 Å². The molecule has 0 bridgehead atoms. The highest BCUT2D eigenvalue weighted by molar-refractivity contribution is 5.84. The van der Waals surface area contributed by atoms with E-state index in [0.29, 0.717) is 0 Å². The first-order valence-corrected chi connectivity index (χ1v) is 3.85. The molecule has 1 aliphatic carbocycles. The molecule has 2 rings (SSSR count). The SMILES string of the molecule is C1=CC2=C(CC1)CCN=C2. The van der Waals surface area contributed by atoms with Crippen molar-refractivity contribution in [2.24, 2.45) is 4.99 Å². The van der Waals surface area contributed by atoms with Gasteiger partial charge in [0, 0.05) is 12.8 Å². The molecule has 0 amide bonds. The summed E-state index contributed by atoms with van der Waals surface area (Å²) in [5, 5.41) is 0. The van der Waals surface area contributed by atoms with E-state index in [0.717, 1.165) is 6.54 Å². The highest BCUT2D eigenvalue weighted by atomic mass is 14.7. The van der Waals surface area contributed by atoms with Crippen molar-refractivity contribution in [3.63, 3.8) is 0 Å². The van der Waals surface area contributed by atoms with Crippen LogP contribution in [0.5, 0.6) is 0 Å². The summed E-state index contributed by atoms with van der Waals surface area (Å²) in [6.07, 6.45) is 10.1. The standard InChI is InChI=1S/C9H11N/c1-2-4-9-7-10-6-5-8(9)3-1/h2,4,7H,1,3,5-6H2. The third-order valence-electron chi connectivity index (χ3n) is 2.09. The van der Waals surface area contributed by atoms with Crippen LogP contribution in [0, 0.1) is 0 Å². The molecule has 0 saturated heterocycles. The average molecular weight is 133 g/mol. The predicted molar refractivity (Wildman–Crippen MR) is 43.4 cm³/mol. The zero-order valence-corrected chi connectivity index (χ0v) is 6.01. The first kappa shape index (κ1) is 5.90. The van der Waals surface area contributed by atoms with Crippen molar-refractivity contribution in [3.8, 4) is 0 Å². The Balaban J connectivity index is 2.32. The molecular weight excluding hydrogens is 122 g/mol. The van der Waals surface area contributed by atoms with Crippen LogP contribution in [-0.4, -0.2) is 12.8 Å². The molecule has 1 aliphatic heterocycles. The minimum atomic E-state index is 1.01. The number of nitrogens with zero attached hydrogens (tertiary/aromatic N) is 1. The molecule has 0 unspecified atom stereocenters. The summed E-state index contributed by atoms with van der Waals surface area (Å²) < 4.78 is 0. The monoisotopic (exact) mass is 133 g/mol. The lowest BCUT2D eigenvalue weighted by Gasteiger charge is -2.15. The van der Waals surface area contributed by atoms with Crippen LogP contribution in [0.1, 0.15) is 19.3 Å². The van der Waals surface area contributed by atoms with E-state index in [-0.39, 0.29) is 0 Å². The highest BCUT2D eigenvalue weighted by Crippen LogP contribution is 2.22. The van der Waals surface area contributed by atoms with Gasteiger partial charge in [-0.1, -0.05) is 17.7 Å². The Bertz CT molecular complexity index is 199.